The van der Waals surface area contributed by atoms with E-state index >= 15 is 0 Å². The molecule has 2 unspecified atom stereocenters. The summed E-state index contributed by atoms with van der Waals surface area (Å²) in [6, 6.07) is 15.2. The van der Waals surface area contributed by atoms with Crippen LogP contribution in [0.3, 0.4) is 0 Å². The van der Waals surface area contributed by atoms with Crippen LogP contribution in [-0.2, 0) is 0 Å². The maximum atomic E-state index is 5.92. The molecule has 3 heteroatoms. The molecule has 2 aromatic rings. The Morgan fingerprint density at radius 3 is 2.74 bits per heavy atom. The van der Waals surface area contributed by atoms with E-state index in [0.717, 1.165) is 12.3 Å². The van der Waals surface area contributed by atoms with Crippen LogP contribution in [-0.4, -0.2) is 24.0 Å². The van der Waals surface area contributed by atoms with E-state index in [1.807, 2.05) is 12.1 Å². The monoisotopic (exact) mass is 256 g/mol. The van der Waals surface area contributed by atoms with Crippen molar-refractivity contribution in [3.05, 3.63) is 60.1 Å². The van der Waals surface area contributed by atoms with Gasteiger partial charge in [0.1, 0.15) is 5.76 Å². The van der Waals surface area contributed by atoms with Gasteiger partial charge in [-0.3, -0.25) is 4.90 Å². The van der Waals surface area contributed by atoms with E-state index in [1.165, 1.54) is 18.4 Å². The molecule has 0 aliphatic carbocycles. The van der Waals surface area contributed by atoms with Crippen molar-refractivity contribution in [3.63, 3.8) is 0 Å². The largest absolute Gasteiger partial charge is 0.467 e. The van der Waals surface area contributed by atoms with E-state index in [0.29, 0.717) is 12.6 Å². The average molecular weight is 256 g/mol. The zero-order valence-electron chi connectivity index (χ0n) is 11.0. The molecular formula is C16H20N2O. The van der Waals surface area contributed by atoms with Crippen molar-refractivity contribution in [2.45, 2.75) is 24.9 Å². The van der Waals surface area contributed by atoms with Gasteiger partial charge in [-0.15, -0.1) is 0 Å². The lowest BCUT2D eigenvalue weighted by Gasteiger charge is -2.31. The molecule has 100 valence electrons. The van der Waals surface area contributed by atoms with E-state index in [1.54, 1.807) is 6.26 Å². The Morgan fingerprint density at radius 2 is 2.05 bits per heavy atom. The van der Waals surface area contributed by atoms with Gasteiger partial charge >= 0.3 is 0 Å². The second-order valence-electron chi connectivity index (χ2n) is 5.10. The molecule has 0 bridgehead atoms. The predicted molar refractivity (Wildman–Crippen MR) is 75.8 cm³/mol. The molecule has 3 rings (SSSR count). The van der Waals surface area contributed by atoms with Gasteiger partial charge in [0, 0.05) is 12.6 Å². The highest BCUT2D eigenvalue weighted by atomic mass is 16.3. The average Bonchev–Trinajstić information content (AvgIpc) is 3.12. The van der Waals surface area contributed by atoms with Gasteiger partial charge < -0.3 is 10.2 Å². The Bertz CT molecular complexity index is 495. The van der Waals surface area contributed by atoms with E-state index < -0.39 is 0 Å². The third kappa shape index (κ3) is 2.44. The van der Waals surface area contributed by atoms with Crippen LogP contribution in [0.25, 0.3) is 0 Å². The van der Waals surface area contributed by atoms with E-state index in [9.17, 15) is 0 Å². The molecule has 1 fully saturated rings. The van der Waals surface area contributed by atoms with Gasteiger partial charge in [0.15, 0.2) is 0 Å². The Morgan fingerprint density at radius 1 is 1.21 bits per heavy atom. The number of rotatable bonds is 4. The maximum absolute atomic E-state index is 5.92. The Labute approximate surface area is 114 Å². The van der Waals surface area contributed by atoms with Crippen LogP contribution in [0.15, 0.2) is 53.1 Å². The van der Waals surface area contributed by atoms with Gasteiger partial charge in [0.25, 0.3) is 0 Å². The quantitative estimate of drug-likeness (QED) is 0.914. The summed E-state index contributed by atoms with van der Waals surface area (Å²) in [5, 5.41) is 0. The second kappa shape index (κ2) is 5.59. The fraction of sp³-hybridized carbons (Fsp3) is 0.375. The molecule has 1 saturated heterocycles. The van der Waals surface area contributed by atoms with Gasteiger partial charge in [-0.05, 0) is 37.1 Å². The number of hydrogen-bond donors (Lipinski definition) is 1. The summed E-state index contributed by atoms with van der Waals surface area (Å²) >= 11 is 0. The standard InChI is InChI=1S/C16H20N2O/c17-12-14-8-4-10-18(14)16(15-9-5-11-19-15)13-6-2-1-3-7-13/h1-3,5-7,9,11,14,16H,4,8,10,12,17H2. The first-order valence-corrected chi connectivity index (χ1v) is 6.94. The minimum atomic E-state index is 0.187. The number of benzene rings is 1. The summed E-state index contributed by atoms with van der Waals surface area (Å²) in [7, 11) is 0. The van der Waals surface area contributed by atoms with Crippen LogP contribution in [0.4, 0.5) is 0 Å². The van der Waals surface area contributed by atoms with Gasteiger partial charge in [0.2, 0.25) is 0 Å². The van der Waals surface area contributed by atoms with Crippen LogP contribution < -0.4 is 5.73 Å². The molecule has 1 aliphatic rings. The SMILES string of the molecule is NCC1CCCN1C(c1ccccc1)c1ccco1. The highest BCUT2D eigenvalue weighted by Gasteiger charge is 2.33. The molecule has 0 saturated carbocycles. The molecular weight excluding hydrogens is 236 g/mol. The van der Waals surface area contributed by atoms with Gasteiger partial charge in [0.05, 0.1) is 12.3 Å². The molecule has 2 atom stereocenters. The third-order valence-corrected chi connectivity index (χ3v) is 3.95. The summed E-state index contributed by atoms with van der Waals surface area (Å²) < 4.78 is 5.67. The fourth-order valence-electron chi connectivity index (χ4n) is 3.05. The predicted octanol–water partition coefficient (Wildman–Crippen LogP) is 2.79. The van der Waals surface area contributed by atoms with Crippen LogP contribution >= 0.6 is 0 Å². The van der Waals surface area contributed by atoms with Crippen molar-refractivity contribution < 1.29 is 4.42 Å². The summed E-state index contributed by atoms with van der Waals surface area (Å²) in [5.74, 6) is 1.01. The molecule has 1 aromatic carbocycles. The first-order valence-electron chi connectivity index (χ1n) is 6.94. The van der Waals surface area contributed by atoms with Crippen LogP contribution in [0.2, 0.25) is 0 Å². The molecule has 2 N–H and O–H groups in total. The van der Waals surface area contributed by atoms with Gasteiger partial charge in [-0.2, -0.15) is 0 Å². The highest BCUT2D eigenvalue weighted by molar-refractivity contribution is 5.27. The summed E-state index contributed by atoms with van der Waals surface area (Å²) in [6.07, 6.45) is 4.14. The van der Waals surface area contributed by atoms with Gasteiger partial charge in [-0.25, -0.2) is 0 Å². The first kappa shape index (κ1) is 12.5. The van der Waals surface area contributed by atoms with Crippen molar-refractivity contribution >= 4 is 0 Å². The number of furan rings is 1. The zero-order valence-corrected chi connectivity index (χ0v) is 11.0. The second-order valence-corrected chi connectivity index (χ2v) is 5.10. The summed E-state index contributed by atoms with van der Waals surface area (Å²) in [4.78, 5) is 2.48. The molecule has 1 aromatic heterocycles. The fourth-order valence-corrected chi connectivity index (χ4v) is 3.05. The van der Waals surface area contributed by atoms with Crippen molar-refractivity contribution in [2.75, 3.05) is 13.1 Å². The van der Waals surface area contributed by atoms with Crippen LogP contribution in [0, 0.1) is 0 Å². The highest BCUT2D eigenvalue weighted by Crippen LogP contribution is 2.34. The Hall–Kier alpha value is -1.58. The van der Waals surface area contributed by atoms with Crippen molar-refractivity contribution in [3.8, 4) is 0 Å². The molecule has 1 aliphatic heterocycles. The minimum absolute atomic E-state index is 0.187. The minimum Gasteiger partial charge on any atom is -0.467 e. The van der Waals surface area contributed by atoms with Crippen molar-refractivity contribution in [1.29, 1.82) is 0 Å². The molecule has 0 spiro atoms. The van der Waals surface area contributed by atoms with E-state index in [4.69, 9.17) is 10.2 Å². The normalized spacial score (nSPS) is 21.6. The van der Waals surface area contributed by atoms with Crippen LogP contribution in [0.1, 0.15) is 30.2 Å². The maximum Gasteiger partial charge on any atom is 0.125 e. The summed E-state index contributed by atoms with van der Waals surface area (Å²) in [6.45, 7) is 1.80. The first-order chi connectivity index (χ1) is 9.40. The molecule has 19 heavy (non-hydrogen) atoms. The van der Waals surface area contributed by atoms with E-state index in [-0.39, 0.29) is 6.04 Å². The zero-order chi connectivity index (χ0) is 13.1. The molecule has 0 radical (unpaired) electrons. The van der Waals surface area contributed by atoms with Crippen LogP contribution in [0.5, 0.6) is 0 Å². The summed E-state index contributed by atoms with van der Waals surface area (Å²) in [5.41, 5.74) is 7.20. The van der Waals surface area contributed by atoms with E-state index in [2.05, 4.69) is 35.2 Å². The molecule has 3 nitrogen and oxygen atoms in total. The number of nitrogens with zero attached hydrogens (tertiary/aromatic N) is 1. The topological polar surface area (TPSA) is 42.4 Å². The van der Waals surface area contributed by atoms with Gasteiger partial charge in [-0.1, -0.05) is 30.3 Å². The number of nitrogens with two attached hydrogens (primary N) is 1. The Balaban J connectivity index is 1.98. The van der Waals surface area contributed by atoms with Crippen molar-refractivity contribution in [2.24, 2.45) is 5.73 Å². The molecule has 2 heterocycles. The lowest BCUT2D eigenvalue weighted by molar-refractivity contribution is 0.190. The number of likely N-dealkylation sites (tertiary alicyclic amines) is 1. The lowest BCUT2D eigenvalue weighted by Crippen LogP contribution is -2.38. The Kier molecular flexibility index (Phi) is 3.67. The van der Waals surface area contributed by atoms with Crippen molar-refractivity contribution in [1.82, 2.24) is 4.90 Å². The third-order valence-electron chi connectivity index (χ3n) is 3.95. The lowest BCUT2D eigenvalue weighted by atomic mass is 10.0. The smallest absolute Gasteiger partial charge is 0.125 e. The number of hydrogen-bond acceptors (Lipinski definition) is 3. The molecule has 0 amide bonds.